The first-order valence-electron chi connectivity index (χ1n) is 8.49. The molecule has 1 unspecified atom stereocenters. The lowest BCUT2D eigenvalue weighted by molar-refractivity contribution is -0.131. The quantitative estimate of drug-likeness (QED) is 0.337. The molecule has 1 saturated heterocycles. The number of amidine groups is 2. The number of aliphatic imine (C=N–C) groups is 1. The van der Waals surface area contributed by atoms with Crippen molar-refractivity contribution in [2.75, 3.05) is 26.7 Å². The zero-order valence-corrected chi connectivity index (χ0v) is 15.4. The van der Waals surface area contributed by atoms with Crippen LogP contribution in [0.3, 0.4) is 0 Å². The first-order valence-corrected chi connectivity index (χ1v) is 8.49. The van der Waals surface area contributed by atoms with E-state index in [1.807, 2.05) is 0 Å². The molecule has 6 nitrogen and oxygen atoms in total. The Bertz CT molecular complexity index is 825. The highest BCUT2D eigenvalue weighted by Gasteiger charge is 2.42. The molecule has 1 fully saturated rings. The summed E-state index contributed by atoms with van der Waals surface area (Å²) in [6.07, 6.45) is -5.37. The number of rotatable bonds is 4. The number of carbonyl (C=O) groups is 1. The Morgan fingerprint density at radius 2 is 1.83 bits per heavy atom. The van der Waals surface area contributed by atoms with Crippen LogP contribution in [0.2, 0.25) is 0 Å². The van der Waals surface area contributed by atoms with Crippen molar-refractivity contribution in [2.45, 2.75) is 25.1 Å². The maximum atomic E-state index is 13.7. The number of piperazine rings is 1. The molecule has 1 atom stereocenters. The fraction of sp³-hybridized carbons (Fsp3) is 0.471. The van der Waals surface area contributed by atoms with Crippen LogP contribution in [0.1, 0.15) is 12.0 Å². The summed E-state index contributed by atoms with van der Waals surface area (Å²) in [6.45, 7) is -0.619. The van der Waals surface area contributed by atoms with Gasteiger partial charge in [-0.2, -0.15) is 13.2 Å². The molecule has 1 heterocycles. The normalized spacial score (nSPS) is 17.6. The summed E-state index contributed by atoms with van der Waals surface area (Å²) in [6, 6.07) is 0.131. The van der Waals surface area contributed by atoms with E-state index in [1.54, 1.807) is 0 Å². The molecule has 2 rings (SSSR count). The van der Waals surface area contributed by atoms with Gasteiger partial charge in [-0.05, 0) is 18.1 Å². The Hall–Kier alpha value is -2.63. The molecule has 1 aliphatic heterocycles. The standard InChI is InChI=1S/C17H19F6N5O/c1-26-14-8-27(2-3-28(14)16(25)17(21,22)23)15(29)6-10(24)4-9-5-12(19)13(20)7-11(9)18/h5,7,10,25H,2-4,6,8,24H2,1H3. The number of nitrogens with one attached hydrogen (secondary N) is 1. The monoisotopic (exact) mass is 423 g/mol. The Morgan fingerprint density at radius 3 is 2.41 bits per heavy atom. The van der Waals surface area contributed by atoms with E-state index in [2.05, 4.69) is 4.99 Å². The third-order valence-corrected chi connectivity index (χ3v) is 4.39. The van der Waals surface area contributed by atoms with Crippen LogP contribution in [-0.2, 0) is 11.2 Å². The number of nitrogens with zero attached hydrogens (tertiary/aromatic N) is 3. The Morgan fingerprint density at radius 1 is 1.21 bits per heavy atom. The minimum absolute atomic E-state index is 0.0947. The molecule has 1 amide bonds. The lowest BCUT2D eigenvalue weighted by atomic mass is 10.0. The Balaban J connectivity index is 1.99. The van der Waals surface area contributed by atoms with Crippen molar-refractivity contribution >= 4 is 17.6 Å². The van der Waals surface area contributed by atoms with Crippen molar-refractivity contribution in [3.05, 3.63) is 35.1 Å². The molecule has 0 spiro atoms. The van der Waals surface area contributed by atoms with Gasteiger partial charge in [0.1, 0.15) is 11.7 Å². The van der Waals surface area contributed by atoms with Gasteiger partial charge in [0.2, 0.25) is 11.7 Å². The number of carbonyl (C=O) groups excluding carboxylic acids is 1. The average molecular weight is 423 g/mol. The summed E-state index contributed by atoms with van der Waals surface area (Å²) >= 11 is 0. The zero-order valence-electron chi connectivity index (χ0n) is 15.4. The first-order chi connectivity index (χ1) is 13.4. The summed E-state index contributed by atoms with van der Waals surface area (Å²) in [5.74, 6) is -5.77. The van der Waals surface area contributed by atoms with E-state index >= 15 is 0 Å². The summed E-state index contributed by atoms with van der Waals surface area (Å²) in [4.78, 5) is 18.0. The van der Waals surface area contributed by atoms with Crippen LogP contribution in [0.4, 0.5) is 26.3 Å². The molecular formula is C17H19F6N5O. The zero-order chi connectivity index (χ0) is 21.9. The molecule has 29 heavy (non-hydrogen) atoms. The number of hydrogen-bond donors (Lipinski definition) is 2. The summed E-state index contributed by atoms with van der Waals surface area (Å²) in [7, 11) is 1.25. The topological polar surface area (TPSA) is 85.8 Å². The second kappa shape index (κ2) is 8.80. The van der Waals surface area contributed by atoms with E-state index in [9.17, 15) is 31.1 Å². The minimum atomic E-state index is -4.85. The fourth-order valence-electron chi connectivity index (χ4n) is 2.91. The van der Waals surface area contributed by atoms with Crippen LogP contribution in [-0.4, -0.2) is 66.3 Å². The second-order valence-corrected chi connectivity index (χ2v) is 6.48. The molecule has 12 heteroatoms. The molecule has 0 aliphatic carbocycles. The molecule has 1 aromatic carbocycles. The first kappa shape index (κ1) is 22.7. The Labute approximate surface area is 162 Å². The van der Waals surface area contributed by atoms with E-state index in [0.717, 1.165) is 0 Å². The van der Waals surface area contributed by atoms with Crippen LogP contribution in [0.5, 0.6) is 0 Å². The van der Waals surface area contributed by atoms with Gasteiger partial charge >= 0.3 is 6.18 Å². The second-order valence-electron chi connectivity index (χ2n) is 6.48. The van der Waals surface area contributed by atoms with E-state index in [0.29, 0.717) is 17.0 Å². The summed E-state index contributed by atoms with van der Waals surface area (Å²) in [5.41, 5.74) is 5.62. The van der Waals surface area contributed by atoms with E-state index < -0.39 is 41.4 Å². The fourth-order valence-corrected chi connectivity index (χ4v) is 2.91. The van der Waals surface area contributed by atoms with Crippen molar-refractivity contribution in [1.29, 1.82) is 5.41 Å². The SMILES string of the molecule is CN=C1CN(C(=O)CC(N)Cc2cc(F)c(F)cc2F)CCN1C(=N)C(F)(F)F. The largest absolute Gasteiger partial charge is 0.449 e. The van der Waals surface area contributed by atoms with Gasteiger partial charge < -0.3 is 15.5 Å². The molecular weight excluding hydrogens is 404 g/mol. The third-order valence-electron chi connectivity index (χ3n) is 4.39. The van der Waals surface area contributed by atoms with Gasteiger partial charge in [-0.15, -0.1) is 0 Å². The van der Waals surface area contributed by atoms with Crippen molar-refractivity contribution in [3.8, 4) is 0 Å². The molecule has 3 N–H and O–H groups in total. The van der Waals surface area contributed by atoms with Gasteiger partial charge in [0.05, 0.1) is 6.54 Å². The van der Waals surface area contributed by atoms with Crippen LogP contribution >= 0.6 is 0 Å². The molecule has 0 aromatic heterocycles. The van der Waals surface area contributed by atoms with Crippen LogP contribution in [0.25, 0.3) is 0 Å². The van der Waals surface area contributed by atoms with Gasteiger partial charge in [0.15, 0.2) is 11.6 Å². The highest BCUT2D eigenvalue weighted by Crippen LogP contribution is 2.21. The lowest BCUT2D eigenvalue weighted by Crippen LogP contribution is -2.57. The number of amides is 1. The molecule has 0 radical (unpaired) electrons. The Kier molecular flexibility index (Phi) is 6.88. The summed E-state index contributed by atoms with van der Waals surface area (Å²) < 4.78 is 78.2. The number of hydrogen-bond acceptors (Lipinski definition) is 4. The minimum Gasteiger partial charge on any atom is -0.333 e. The smallest absolute Gasteiger partial charge is 0.333 e. The van der Waals surface area contributed by atoms with Crippen LogP contribution in [0.15, 0.2) is 17.1 Å². The third kappa shape index (κ3) is 5.46. The summed E-state index contributed by atoms with van der Waals surface area (Å²) in [5, 5.41) is 7.24. The van der Waals surface area contributed by atoms with Crippen molar-refractivity contribution in [2.24, 2.45) is 10.7 Å². The van der Waals surface area contributed by atoms with Crippen LogP contribution in [0, 0.1) is 22.9 Å². The van der Waals surface area contributed by atoms with Gasteiger partial charge in [-0.25, -0.2) is 13.2 Å². The average Bonchev–Trinajstić information content (AvgIpc) is 2.64. The molecule has 0 bridgehead atoms. The predicted octanol–water partition coefficient (Wildman–Crippen LogP) is 2.08. The molecule has 0 saturated carbocycles. The van der Waals surface area contributed by atoms with Crippen LogP contribution < -0.4 is 5.73 Å². The van der Waals surface area contributed by atoms with Gasteiger partial charge in [-0.1, -0.05) is 0 Å². The maximum absolute atomic E-state index is 13.7. The maximum Gasteiger partial charge on any atom is 0.449 e. The number of alkyl halides is 3. The molecule has 1 aliphatic rings. The van der Waals surface area contributed by atoms with Crippen molar-refractivity contribution in [3.63, 3.8) is 0 Å². The van der Waals surface area contributed by atoms with Crippen molar-refractivity contribution < 1.29 is 31.1 Å². The lowest BCUT2D eigenvalue weighted by Gasteiger charge is -2.37. The van der Waals surface area contributed by atoms with Gasteiger partial charge in [0, 0.05) is 38.7 Å². The molecule has 160 valence electrons. The predicted molar refractivity (Wildman–Crippen MR) is 93.0 cm³/mol. The highest BCUT2D eigenvalue weighted by atomic mass is 19.4. The highest BCUT2D eigenvalue weighted by molar-refractivity contribution is 6.04. The van der Waals surface area contributed by atoms with E-state index in [-0.39, 0.29) is 43.9 Å². The van der Waals surface area contributed by atoms with E-state index in [1.165, 1.54) is 11.9 Å². The number of benzene rings is 1. The number of nitrogens with two attached hydrogens (primary N) is 1. The van der Waals surface area contributed by atoms with E-state index in [4.69, 9.17) is 11.1 Å². The van der Waals surface area contributed by atoms with Gasteiger partial charge in [0.25, 0.3) is 0 Å². The van der Waals surface area contributed by atoms with Gasteiger partial charge in [-0.3, -0.25) is 15.2 Å². The molecule has 1 aromatic rings. The number of halogens is 6. The van der Waals surface area contributed by atoms with Crippen molar-refractivity contribution in [1.82, 2.24) is 9.80 Å².